The molecule has 25 heavy (non-hydrogen) atoms. The van der Waals surface area contributed by atoms with Gasteiger partial charge in [-0.2, -0.15) is 0 Å². The lowest BCUT2D eigenvalue weighted by Crippen LogP contribution is -2.19. The van der Waals surface area contributed by atoms with Gasteiger partial charge in [-0.1, -0.05) is 48.5 Å². The molecule has 1 aliphatic rings. The molecular weight excluding hydrogens is 306 g/mol. The summed E-state index contributed by atoms with van der Waals surface area (Å²) in [6.45, 7) is 2.16. The molecule has 4 aromatic rings. The summed E-state index contributed by atoms with van der Waals surface area (Å²) < 4.78 is 0. The molecule has 1 aliphatic heterocycles. The summed E-state index contributed by atoms with van der Waals surface area (Å²) >= 11 is 0. The van der Waals surface area contributed by atoms with Crippen molar-refractivity contribution in [1.82, 2.24) is 9.97 Å². The minimum Gasteiger partial charge on any atom is -0.356 e. The van der Waals surface area contributed by atoms with Gasteiger partial charge in [0.05, 0.1) is 11.0 Å². The lowest BCUT2D eigenvalue weighted by Gasteiger charge is -2.20. The van der Waals surface area contributed by atoms with Gasteiger partial charge in [-0.15, -0.1) is 0 Å². The third-order valence-corrected chi connectivity index (χ3v) is 5.03. The molecule has 0 spiro atoms. The largest absolute Gasteiger partial charge is 0.356 e. The van der Waals surface area contributed by atoms with Crippen LogP contribution in [0.4, 0.5) is 5.82 Å². The molecule has 3 heterocycles. The molecule has 0 N–H and O–H groups in total. The summed E-state index contributed by atoms with van der Waals surface area (Å²) in [5.74, 6) is 1.08. The van der Waals surface area contributed by atoms with Crippen molar-refractivity contribution in [3.63, 3.8) is 0 Å². The van der Waals surface area contributed by atoms with Crippen molar-refractivity contribution in [3.8, 4) is 11.1 Å². The van der Waals surface area contributed by atoms with Crippen molar-refractivity contribution in [2.24, 2.45) is 0 Å². The zero-order chi connectivity index (χ0) is 16.6. The normalized spacial score (nSPS) is 14.5. The maximum absolute atomic E-state index is 5.01. The fourth-order valence-corrected chi connectivity index (χ4v) is 3.75. The predicted molar refractivity (Wildman–Crippen MR) is 104 cm³/mol. The number of aromatic nitrogens is 2. The van der Waals surface area contributed by atoms with Gasteiger partial charge in [-0.05, 0) is 30.5 Å². The second-order valence-corrected chi connectivity index (χ2v) is 6.63. The molecule has 0 unspecified atom stereocenters. The SMILES string of the molecule is c1ccc(-c2cnc3c(c2)c(N2CCCC2)nc2ccccc23)cc1. The molecule has 5 rings (SSSR count). The molecule has 3 nitrogen and oxygen atoms in total. The number of rotatable bonds is 2. The van der Waals surface area contributed by atoms with Gasteiger partial charge in [-0.25, -0.2) is 4.98 Å². The Morgan fingerprint density at radius 2 is 1.52 bits per heavy atom. The Morgan fingerprint density at radius 3 is 2.36 bits per heavy atom. The number of hydrogen-bond donors (Lipinski definition) is 0. The Balaban J connectivity index is 1.81. The van der Waals surface area contributed by atoms with Gasteiger partial charge in [0.25, 0.3) is 0 Å². The quantitative estimate of drug-likeness (QED) is 0.483. The number of nitrogens with zero attached hydrogens (tertiary/aromatic N) is 3. The highest BCUT2D eigenvalue weighted by atomic mass is 15.2. The molecule has 0 amide bonds. The number of pyridine rings is 2. The summed E-state index contributed by atoms with van der Waals surface area (Å²) in [6.07, 6.45) is 4.46. The molecule has 0 radical (unpaired) electrons. The molecule has 3 heteroatoms. The van der Waals surface area contributed by atoms with Crippen molar-refractivity contribution < 1.29 is 0 Å². The molecule has 2 aromatic carbocycles. The minimum atomic E-state index is 1.02. The monoisotopic (exact) mass is 325 g/mol. The Morgan fingerprint density at radius 1 is 0.760 bits per heavy atom. The van der Waals surface area contributed by atoms with Gasteiger partial charge < -0.3 is 4.90 Å². The maximum atomic E-state index is 5.01. The average molecular weight is 325 g/mol. The van der Waals surface area contributed by atoms with E-state index in [2.05, 4.69) is 53.4 Å². The number of para-hydroxylation sites is 1. The second kappa shape index (κ2) is 5.85. The van der Waals surface area contributed by atoms with Crippen LogP contribution >= 0.6 is 0 Å². The zero-order valence-electron chi connectivity index (χ0n) is 14.0. The smallest absolute Gasteiger partial charge is 0.138 e. The number of benzene rings is 2. The summed E-state index contributed by atoms with van der Waals surface area (Å²) in [5.41, 5.74) is 4.41. The highest BCUT2D eigenvalue weighted by molar-refractivity contribution is 6.08. The highest BCUT2D eigenvalue weighted by Crippen LogP contribution is 2.34. The summed E-state index contributed by atoms with van der Waals surface area (Å²) in [4.78, 5) is 12.3. The first kappa shape index (κ1) is 14.4. The van der Waals surface area contributed by atoms with Crippen LogP contribution in [0.25, 0.3) is 32.9 Å². The van der Waals surface area contributed by atoms with E-state index in [4.69, 9.17) is 9.97 Å². The molecule has 0 bridgehead atoms. The summed E-state index contributed by atoms with van der Waals surface area (Å²) in [7, 11) is 0. The van der Waals surface area contributed by atoms with Gasteiger partial charge in [0.1, 0.15) is 5.82 Å². The Kier molecular flexibility index (Phi) is 3.37. The maximum Gasteiger partial charge on any atom is 0.138 e. The minimum absolute atomic E-state index is 1.02. The first-order chi connectivity index (χ1) is 12.4. The standard InChI is InChI=1S/C22H19N3/c1-2-8-16(9-3-1)17-14-19-21(23-15-17)18-10-4-5-11-20(18)24-22(19)25-12-6-7-13-25/h1-5,8-11,14-15H,6-7,12-13H2. The van der Waals surface area contributed by atoms with Crippen LogP contribution in [0.2, 0.25) is 0 Å². The third-order valence-electron chi connectivity index (χ3n) is 5.03. The highest BCUT2D eigenvalue weighted by Gasteiger charge is 2.19. The van der Waals surface area contributed by atoms with Gasteiger partial charge in [0, 0.05) is 35.6 Å². The molecule has 1 saturated heterocycles. The summed E-state index contributed by atoms with van der Waals surface area (Å²) in [5, 5.41) is 2.28. The number of fused-ring (bicyclic) bond motifs is 3. The van der Waals surface area contributed by atoms with Crippen LogP contribution in [0.15, 0.2) is 66.9 Å². The van der Waals surface area contributed by atoms with Gasteiger partial charge in [0.15, 0.2) is 0 Å². The van der Waals surface area contributed by atoms with E-state index in [0.717, 1.165) is 46.3 Å². The van der Waals surface area contributed by atoms with Crippen LogP contribution in [0.5, 0.6) is 0 Å². The topological polar surface area (TPSA) is 29.0 Å². The van der Waals surface area contributed by atoms with E-state index in [1.165, 1.54) is 18.4 Å². The lowest BCUT2D eigenvalue weighted by atomic mass is 10.0. The fourth-order valence-electron chi connectivity index (χ4n) is 3.75. The Labute approximate surface area is 147 Å². The van der Waals surface area contributed by atoms with Gasteiger partial charge in [0.2, 0.25) is 0 Å². The average Bonchev–Trinajstić information content (AvgIpc) is 3.22. The van der Waals surface area contributed by atoms with E-state index in [9.17, 15) is 0 Å². The van der Waals surface area contributed by atoms with Crippen LogP contribution < -0.4 is 4.90 Å². The molecule has 122 valence electrons. The fraction of sp³-hybridized carbons (Fsp3) is 0.182. The summed E-state index contributed by atoms with van der Waals surface area (Å²) in [6, 6.07) is 21.0. The van der Waals surface area contributed by atoms with Crippen LogP contribution in [0, 0.1) is 0 Å². The van der Waals surface area contributed by atoms with Crippen molar-refractivity contribution in [3.05, 3.63) is 66.9 Å². The molecule has 0 saturated carbocycles. The van der Waals surface area contributed by atoms with Crippen LogP contribution in [-0.2, 0) is 0 Å². The van der Waals surface area contributed by atoms with Crippen molar-refractivity contribution in [1.29, 1.82) is 0 Å². The van der Waals surface area contributed by atoms with E-state index in [1.54, 1.807) is 0 Å². The molecular formula is C22H19N3. The van der Waals surface area contributed by atoms with Crippen LogP contribution in [0.1, 0.15) is 12.8 Å². The number of anilines is 1. The van der Waals surface area contributed by atoms with Gasteiger partial charge in [-0.3, -0.25) is 4.98 Å². The van der Waals surface area contributed by atoms with Gasteiger partial charge >= 0.3 is 0 Å². The Bertz CT molecular complexity index is 1050. The van der Waals surface area contributed by atoms with Crippen molar-refractivity contribution >= 4 is 27.6 Å². The third kappa shape index (κ3) is 2.43. The van der Waals surface area contributed by atoms with Crippen LogP contribution in [-0.4, -0.2) is 23.1 Å². The van der Waals surface area contributed by atoms with E-state index in [0.29, 0.717) is 0 Å². The Hall–Kier alpha value is -2.94. The van der Waals surface area contributed by atoms with E-state index >= 15 is 0 Å². The number of hydrogen-bond acceptors (Lipinski definition) is 3. The van der Waals surface area contributed by atoms with Crippen LogP contribution in [0.3, 0.4) is 0 Å². The zero-order valence-corrected chi connectivity index (χ0v) is 14.0. The molecule has 1 fully saturated rings. The molecule has 2 aromatic heterocycles. The van der Waals surface area contributed by atoms with E-state index in [1.807, 2.05) is 18.3 Å². The first-order valence-electron chi connectivity index (χ1n) is 8.89. The molecule has 0 atom stereocenters. The lowest BCUT2D eigenvalue weighted by molar-refractivity contribution is 0.949. The predicted octanol–water partition coefficient (Wildman–Crippen LogP) is 5.05. The van der Waals surface area contributed by atoms with E-state index in [-0.39, 0.29) is 0 Å². The first-order valence-corrected chi connectivity index (χ1v) is 8.89. The second-order valence-electron chi connectivity index (χ2n) is 6.63. The van der Waals surface area contributed by atoms with Crippen molar-refractivity contribution in [2.45, 2.75) is 12.8 Å². The van der Waals surface area contributed by atoms with Crippen molar-refractivity contribution in [2.75, 3.05) is 18.0 Å². The van der Waals surface area contributed by atoms with E-state index < -0.39 is 0 Å². The molecule has 0 aliphatic carbocycles.